The first-order valence-electron chi connectivity index (χ1n) is 7.29. The number of para-hydroxylation sites is 1. The fraction of sp³-hybridized carbons (Fsp3) is 0.235. The van der Waals surface area contributed by atoms with Crippen LogP contribution in [0.15, 0.2) is 57.3 Å². The van der Waals surface area contributed by atoms with Crippen LogP contribution in [-0.4, -0.2) is 19.6 Å². The van der Waals surface area contributed by atoms with Gasteiger partial charge in [-0.05, 0) is 30.0 Å². The fourth-order valence-electron chi connectivity index (χ4n) is 2.27. The van der Waals surface area contributed by atoms with Gasteiger partial charge in [0.15, 0.2) is 5.96 Å². The molecule has 4 nitrogen and oxygen atoms in total. The first-order valence-corrected chi connectivity index (χ1v) is 8.17. The van der Waals surface area contributed by atoms with Crippen molar-refractivity contribution in [1.29, 1.82) is 0 Å². The number of benzene rings is 1. The predicted octanol–water partition coefficient (Wildman–Crippen LogP) is 4.02. The maximum Gasteiger partial charge on any atom is 0.191 e. The van der Waals surface area contributed by atoms with Crippen molar-refractivity contribution in [3.05, 3.63) is 58.5 Å². The molecule has 0 aliphatic rings. The molecule has 122 valence electrons. The van der Waals surface area contributed by atoms with Crippen LogP contribution < -0.4 is 10.6 Å². The van der Waals surface area contributed by atoms with Gasteiger partial charge in [-0.3, -0.25) is 4.99 Å². The number of aliphatic imine (C=N–C) groups is 1. The van der Waals surface area contributed by atoms with E-state index >= 15 is 0 Å². The van der Waals surface area contributed by atoms with Crippen LogP contribution in [0, 0.1) is 0 Å². The summed E-state index contributed by atoms with van der Waals surface area (Å²) < 4.78 is 5.78. The van der Waals surface area contributed by atoms with Crippen LogP contribution in [0.3, 0.4) is 0 Å². The SMILES string of the molecule is CN=C(NCCc1cccs1)NCc1cc2ccccc2o1.I. The molecule has 0 aliphatic heterocycles. The molecule has 1 aromatic carbocycles. The van der Waals surface area contributed by atoms with Gasteiger partial charge in [-0.1, -0.05) is 24.3 Å². The van der Waals surface area contributed by atoms with E-state index in [4.69, 9.17) is 4.42 Å². The molecule has 0 saturated carbocycles. The Labute approximate surface area is 157 Å². The smallest absolute Gasteiger partial charge is 0.191 e. The van der Waals surface area contributed by atoms with E-state index in [1.807, 2.05) is 18.2 Å². The number of nitrogens with zero attached hydrogens (tertiary/aromatic N) is 1. The normalized spacial score (nSPS) is 11.3. The van der Waals surface area contributed by atoms with Crippen molar-refractivity contribution >= 4 is 52.2 Å². The van der Waals surface area contributed by atoms with Gasteiger partial charge in [0, 0.05) is 23.9 Å². The highest BCUT2D eigenvalue weighted by molar-refractivity contribution is 14.0. The van der Waals surface area contributed by atoms with Gasteiger partial charge < -0.3 is 15.1 Å². The molecule has 3 rings (SSSR count). The zero-order chi connectivity index (χ0) is 15.2. The second-order valence-corrected chi connectivity index (χ2v) is 5.96. The maximum atomic E-state index is 5.78. The van der Waals surface area contributed by atoms with E-state index in [1.54, 1.807) is 18.4 Å². The molecule has 6 heteroatoms. The Morgan fingerprint density at radius 1 is 1.17 bits per heavy atom. The van der Waals surface area contributed by atoms with Crippen LogP contribution in [0.1, 0.15) is 10.6 Å². The van der Waals surface area contributed by atoms with Crippen LogP contribution in [0.4, 0.5) is 0 Å². The van der Waals surface area contributed by atoms with Crippen molar-refractivity contribution in [2.75, 3.05) is 13.6 Å². The highest BCUT2D eigenvalue weighted by Crippen LogP contribution is 2.18. The lowest BCUT2D eigenvalue weighted by Crippen LogP contribution is -2.37. The zero-order valence-electron chi connectivity index (χ0n) is 12.9. The molecule has 0 aliphatic carbocycles. The van der Waals surface area contributed by atoms with Crippen LogP contribution in [-0.2, 0) is 13.0 Å². The average Bonchev–Trinajstić information content (AvgIpc) is 3.19. The molecular formula is C17H20IN3OS. The van der Waals surface area contributed by atoms with Gasteiger partial charge in [0.1, 0.15) is 11.3 Å². The molecule has 0 unspecified atom stereocenters. The molecule has 0 bridgehead atoms. The molecule has 0 spiro atoms. The van der Waals surface area contributed by atoms with Crippen molar-refractivity contribution in [2.24, 2.45) is 4.99 Å². The van der Waals surface area contributed by atoms with Crippen LogP contribution in [0.5, 0.6) is 0 Å². The van der Waals surface area contributed by atoms with E-state index in [2.05, 4.69) is 45.3 Å². The maximum absolute atomic E-state index is 5.78. The third-order valence-corrected chi connectivity index (χ3v) is 4.31. The van der Waals surface area contributed by atoms with E-state index in [1.165, 1.54) is 4.88 Å². The minimum Gasteiger partial charge on any atom is -0.459 e. The molecule has 23 heavy (non-hydrogen) atoms. The number of thiophene rings is 1. The number of rotatable bonds is 5. The summed E-state index contributed by atoms with van der Waals surface area (Å²) in [7, 11) is 1.78. The van der Waals surface area contributed by atoms with E-state index in [0.717, 1.165) is 35.7 Å². The number of halogens is 1. The average molecular weight is 441 g/mol. The van der Waals surface area contributed by atoms with E-state index in [9.17, 15) is 0 Å². The summed E-state index contributed by atoms with van der Waals surface area (Å²) in [6.07, 6.45) is 1.00. The van der Waals surface area contributed by atoms with Gasteiger partial charge in [-0.15, -0.1) is 35.3 Å². The van der Waals surface area contributed by atoms with Crippen molar-refractivity contribution in [2.45, 2.75) is 13.0 Å². The van der Waals surface area contributed by atoms with Gasteiger partial charge in [0.25, 0.3) is 0 Å². The first-order chi connectivity index (χ1) is 10.8. The van der Waals surface area contributed by atoms with Gasteiger partial charge in [0.2, 0.25) is 0 Å². The molecule has 0 amide bonds. The molecule has 2 aromatic heterocycles. The summed E-state index contributed by atoms with van der Waals surface area (Å²) in [5, 5.41) is 9.82. The lowest BCUT2D eigenvalue weighted by atomic mass is 10.2. The molecule has 2 heterocycles. The molecule has 0 atom stereocenters. The lowest BCUT2D eigenvalue weighted by Gasteiger charge is -2.10. The monoisotopic (exact) mass is 441 g/mol. The van der Waals surface area contributed by atoms with E-state index in [-0.39, 0.29) is 24.0 Å². The van der Waals surface area contributed by atoms with Crippen LogP contribution in [0.25, 0.3) is 11.0 Å². The summed E-state index contributed by atoms with van der Waals surface area (Å²) in [4.78, 5) is 5.61. The number of hydrogen-bond donors (Lipinski definition) is 2. The van der Waals surface area contributed by atoms with Crippen molar-refractivity contribution in [3.8, 4) is 0 Å². The third kappa shape index (κ3) is 4.97. The highest BCUT2D eigenvalue weighted by Gasteiger charge is 2.04. The Morgan fingerprint density at radius 2 is 2.04 bits per heavy atom. The number of guanidine groups is 1. The Hall–Kier alpha value is -1.54. The van der Waals surface area contributed by atoms with Gasteiger partial charge in [-0.25, -0.2) is 0 Å². The topological polar surface area (TPSA) is 49.6 Å². The first kappa shape index (κ1) is 17.8. The Kier molecular flexibility index (Phi) is 6.91. The molecule has 2 N–H and O–H groups in total. The summed E-state index contributed by atoms with van der Waals surface area (Å²) in [6, 6.07) is 14.3. The molecule has 0 fully saturated rings. The van der Waals surface area contributed by atoms with Crippen LogP contribution in [0.2, 0.25) is 0 Å². The van der Waals surface area contributed by atoms with E-state index < -0.39 is 0 Å². The van der Waals surface area contributed by atoms with E-state index in [0.29, 0.717) is 6.54 Å². The molecule has 0 saturated heterocycles. The van der Waals surface area contributed by atoms with Crippen molar-refractivity contribution < 1.29 is 4.42 Å². The Bertz CT molecular complexity index is 719. The number of fused-ring (bicyclic) bond motifs is 1. The quantitative estimate of drug-likeness (QED) is 0.357. The highest BCUT2D eigenvalue weighted by atomic mass is 127. The van der Waals surface area contributed by atoms with Gasteiger partial charge >= 0.3 is 0 Å². The summed E-state index contributed by atoms with van der Waals surface area (Å²) in [6.45, 7) is 1.48. The summed E-state index contributed by atoms with van der Waals surface area (Å²) in [5.41, 5.74) is 0.917. The standard InChI is InChI=1S/C17H19N3OS.HI/c1-18-17(19-9-8-15-6-4-10-22-15)20-12-14-11-13-5-2-3-7-16(13)21-14;/h2-7,10-11H,8-9,12H2,1H3,(H2,18,19,20);1H. The number of nitrogens with one attached hydrogen (secondary N) is 2. The van der Waals surface area contributed by atoms with Crippen molar-refractivity contribution in [3.63, 3.8) is 0 Å². The molecule has 3 aromatic rings. The lowest BCUT2D eigenvalue weighted by molar-refractivity contribution is 0.538. The van der Waals surface area contributed by atoms with Crippen molar-refractivity contribution in [1.82, 2.24) is 10.6 Å². The van der Waals surface area contributed by atoms with Gasteiger partial charge in [0.05, 0.1) is 6.54 Å². The third-order valence-electron chi connectivity index (χ3n) is 3.37. The number of furan rings is 1. The molecule has 0 radical (unpaired) electrons. The molecular weight excluding hydrogens is 421 g/mol. The second-order valence-electron chi connectivity index (χ2n) is 4.93. The summed E-state index contributed by atoms with van der Waals surface area (Å²) in [5.74, 6) is 1.69. The number of hydrogen-bond acceptors (Lipinski definition) is 3. The van der Waals surface area contributed by atoms with Crippen LogP contribution >= 0.6 is 35.3 Å². The Morgan fingerprint density at radius 3 is 2.78 bits per heavy atom. The Balaban J connectivity index is 0.00000192. The largest absolute Gasteiger partial charge is 0.459 e. The summed E-state index contributed by atoms with van der Waals surface area (Å²) >= 11 is 1.78. The second kappa shape index (κ2) is 8.93. The fourth-order valence-corrected chi connectivity index (χ4v) is 2.98. The zero-order valence-corrected chi connectivity index (χ0v) is 16.1. The van der Waals surface area contributed by atoms with Gasteiger partial charge in [-0.2, -0.15) is 0 Å². The minimum atomic E-state index is 0. The minimum absolute atomic E-state index is 0. The predicted molar refractivity (Wildman–Crippen MR) is 108 cm³/mol.